The van der Waals surface area contributed by atoms with E-state index < -0.39 is 0 Å². The van der Waals surface area contributed by atoms with Gasteiger partial charge in [0.1, 0.15) is 17.6 Å². The molecule has 162 valence electrons. The quantitative estimate of drug-likeness (QED) is 0.594. The maximum Gasteiger partial charge on any atom is 0.409 e. The van der Waals surface area contributed by atoms with Crippen LogP contribution in [0, 0.1) is 0 Å². The Hall–Kier alpha value is -2.84. The number of rotatable bonds is 4. The molecular weight excluding hydrogens is 464 g/mol. The number of halogens is 1. The van der Waals surface area contributed by atoms with Crippen LogP contribution in [0.4, 0.5) is 4.79 Å². The van der Waals surface area contributed by atoms with E-state index >= 15 is 0 Å². The highest BCUT2D eigenvalue weighted by atomic mass is 79.9. The molecule has 7 nitrogen and oxygen atoms in total. The predicted molar refractivity (Wildman–Crippen MR) is 121 cm³/mol. The average Bonchev–Trinajstić information content (AvgIpc) is 2.77. The molecule has 1 aromatic heterocycles. The second-order valence-corrected chi connectivity index (χ2v) is 8.30. The molecular formula is C23H23BrN2O5. The Balaban J connectivity index is 1.60. The molecule has 0 unspecified atom stereocenters. The molecule has 4 rings (SSSR count). The predicted octanol–water partition coefficient (Wildman–Crippen LogP) is 4.20. The minimum Gasteiger partial charge on any atom is -0.507 e. The Morgan fingerprint density at radius 2 is 1.84 bits per heavy atom. The van der Waals surface area contributed by atoms with Crippen LogP contribution in [0.25, 0.3) is 22.1 Å². The number of carbonyl (C=O) groups excluding carboxylic acids is 1. The van der Waals surface area contributed by atoms with Crippen LogP contribution < -0.4 is 5.43 Å². The Bertz CT molecular complexity index is 1150. The van der Waals surface area contributed by atoms with Crippen molar-refractivity contribution >= 4 is 33.0 Å². The third-order valence-corrected chi connectivity index (χ3v) is 5.98. The van der Waals surface area contributed by atoms with Gasteiger partial charge in [0.05, 0.1) is 23.1 Å². The molecule has 1 aliphatic heterocycles. The summed E-state index contributed by atoms with van der Waals surface area (Å²) >= 11 is 3.40. The van der Waals surface area contributed by atoms with Crippen LogP contribution in [0.1, 0.15) is 12.5 Å². The fourth-order valence-electron chi connectivity index (χ4n) is 3.76. The highest BCUT2D eigenvalue weighted by molar-refractivity contribution is 9.10. The monoisotopic (exact) mass is 486 g/mol. The van der Waals surface area contributed by atoms with E-state index in [0.717, 1.165) is 10.0 Å². The van der Waals surface area contributed by atoms with Crippen molar-refractivity contribution in [3.05, 3.63) is 62.9 Å². The SMILES string of the molecule is CCOC(=O)N1CCN(Cc2c(O)ccc3c(=O)c(-c4ccc(Br)cc4)coc23)CC1. The Morgan fingerprint density at radius 1 is 1.13 bits per heavy atom. The number of benzene rings is 2. The van der Waals surface area contributed by atoms with Gasteiger partial charge in [-0.05, 0) is 36.8 Å². The molecule has 2 heterocycles. The molecule has 0 radical (unpaired) electrons. The van der Waals surface area contributed by atoms with E-state index in [1.165, 1.54) is 12.3 Å². The number of hydrogen-bond donors (Lipinski definition) is 1. The zero-order chi connectivity index (χ0) is 22.0. The number of piperazine rings is 1. The maximum atomic E-state index is 13.1. The Morgan fingerprint density at radius 3 is 2.52 bits per heavy atom. The second-order valence-electron chi connectivity index (χ2n) is 7.39. The van der Waals surface area contributed by atoms with Crippen molar-refractivity contribution in [2.45, 2.75) is 13.5 Å². The molecule has 0 saturated carbocycles. The topological polar surface area (TPSA) is 83.2 Å². The number of phenolic OH excluding ortho intramolecular Hbond substituents is 1. The Labute approximate surface area is 188 Å². The lowest BCUT2D eigenvalue weighted by molar-refractivity contribution is 0.0776. The first kappa shape index (κ1) is 21.4. The summed E-state index contributed by atoms with van der Waals surface area (Å²) in [7, 11) is 0. The highest BCUT2D eigenvalue weighted by Gasteiger charge is 2.24. The van der Waals surface area contributed by atoms with Gasteiger partial charge in [-0.2, -0.15) is 0 Å². The van der Waals surface area contributed by atoms with Gasteiger partial charge < -0.3 is 19.2 Å². The van der Waals surface area contributed by atoms with Gasteiger partial charge in [-0.1, -0.05) is 28.1 Å². The smallest absolute Gasteiger partial charge is 0.409 e. The van der Waals surface area contributed by atoms with Crippen molar-refractivity contribution in [2.24, 2.45) is 0 Å². The van der Waals surface area contributed by atoms with Gasteiger partial charge in [0.25, 0.3) is 0 Å². The van der Waals surface area contributed by atoms with Gasteiger partial charge in [-0.15, -0.1) is 0 Å². The lowest BCUT2D eigenvalue weighted by Gasteiger charge is -2.34. The summed E-state index contributed by atoms with van der Waals surface area (Å²) in [5.74, 6) is 0.0832. The number of fused-ring (bicyclic) bond motifs is 1. The molecule has 8 heteroatoms. The van der Waals surface area contributed by atoms with Crippen LogP contribution in [0.5, 0.6) is 5.75 Å². The van der Waals surface area contributed by atoms with Crippen molar-refractivity contribution in [3.63, 3.8) is 0 Å². The van der Waals surface area contributed by atoms with E-state index in [9.17, 15) is 14.7 Å². The van der Waals surface area contributed by atoms with E-state index in [2.05, 4.69) is 20.8 Å². The van der Waals surface area contributed by atoms with Gasteiger partial charge in [-0.3, -0.25) is 9.69 Å². The van der Waals surface area contributed by atoms with Crippen molar-refractivity contribution in [1.29, 1.82) is 0 Å². The molecule has 1 fully saturated rings. The van der Waals surface area contributed by atoms with Crippen LogP contribution >= 0.6 is 15.9 Å². The van der Waals surface area contributed by atoms with Crippen LogP contribution in [0.15, 0.2) is 56.3 Å². The number of phenols is 1. The van der Waals surface area contributed by atoms with Crippen LogP contribution in [-0.2, 0) is 11.3 Å². The van der Waals surface area contributed by atoms with E-state index in [4.69, 9.17) is 9.15 Å². The lowest BCUT2D eigenvalue weighted by Crippen LogP contribution is -2.48. The normalized spacial score (nSPS) is 14.7. The summed E-state index contributed by atoms with van der Waals surface area (Å²) in [5, 5.41) is 10.9. The fourth-order valence-corrected chi connectivity index (χ4v) is 4.02. The third kappa shape index (κ3) is 4.45. The first-order valence-corrected chi connectivity index (χ1v) is 10.9. The lowest BCUT2D eigenvalue weighted by atomic mass is 10.0. The molecule has 2 aromatic carbocycles. The Kier molecular flexibility index (Phi) is 6.29. The first-order chi connectivity index (χ1) is 15.0. The van der Waals surface area contributed by atoms with Gasteiger partial charge in [0, 0.05) is 37.2 Å². The number of amides is 1. The third-order valence-electron chi connectivity index (χ3n) is 5.45. The fraction of sp³-hybridized carbons (Fsp3) is 0.304. The molecule has 0 atom stereocenters. The van der Waals surface area contributed by atoms with Crippen molar-refractivity contribution in [2.75, 3.05) is 32.8 Å². The number of hydrogen-bond acceptors (Lipinski definition) is 6. The van der Waals surface area contributed by atoms with Crippen LogP contribution in [-0.4, -0.2) is 53.8 Å². The van der Waals surface area contributed by atoms with E-state index in [1.807, 2.05) is 24.3 Å². The standard InChI is InChI=1S/C23H23BrN2O5/c1-2-30-23(29)26-11-9-25(10-12-26)13-18-20(27)8-7-17-21(28)19(14-31-22(17)18)15-3-5-16(24)6-4-15/h3-8,14,27H,2,9-13H2,1H3. The highest BCUT2D eigenvalue weighted by Crippen LogP contribution is 2.29. The largest absolute Gasteiger partial charge is 0.507 e. The summed E-state index contributed by atoms with van der Waals surface area (Å²) in [6.45, 7) is 4.91. The summed E-state index contributed by atoms with van der Waals surface area (Å²) < 4.78 is 11.9. The summed E-state index contributed by atoms with van der Waals surface area (Å²) in [6, 6.07) is 10.6. The molecule has 3 aromatic rings. The molecule has 1 saturated heterocycles. The van der Waals surface area contributed by atoms with E-state index in [1.54, 1.807) is 17.9 Å². The number of nitrogens with zero attached hydrogens (tertiary/aromatic N) is 2. The molecule has 0 spiro atoms. The van der Waals surface area contributed by atoms with E-state index in [-0.39, 0.29) is 17.3 Å². The van der Waals surface area contributed by atoms with Crippen molar-refractivity contribution < 1.29 is 19.1 Å². The van der Waals surface area contributed by atoms with Gasteiger partial charge >= 0.3 is 6.09 Å². The summed E-state index contributed by atoms with van der Waals surface area (Å²) in [4.78, 5) is 28.8. The van der Waals surface area contributed by atoms with Crippen molar-refractivity contribution in [1.82, 2.24) is 9.80 Å². The van der Waals surface area contributed by atoms with Crippen LogP contribution in [0.2, 0.25) is 0 Å². The average molecular weight is 487 g/mol. The maximum absolute atomic E-state index is 13.1. The number of carbonyl (C=O) groups is 1. The summed E-state index contributed by atoms with van der Waals surface area (Å²) in [5.41, 5.74) is 2.06. The van der Waals surface area contributed by atoms with E-state index in [0.29, 0.717) is 61.4 Å². The molecule has 1 N–H and O–H groups in total. The molecule has 0 bridgehead atoms. The zero-order valence-electron chi connectivity index (χ0n) is 17.1. The van der Waals surface area contributed by atoms with Gasteiger partial charge in [0.15, 0.2) is 0 Å². The van der Waals surface area contributed by atoms with Gasteiger partial charge in [-0.25, -0.2) is 4.79 Å². The second kappa shape index (κ2) is 9.11. The van der Waals surface area contributed by atoms with Crippen LogP contribution in [0.3, 0.4) is 0 Å². The number of ether oxygens (including phenoxy) is 1. The minimum absolute atomic E-state index is 0.0832. The minimum atomic E-state index is -0.304. The summed E-state index contributed by atoms with van der Waals surface area (Å²) in [6.07, 6.45) is 1.15. The first-order valence-electron chi connectivity index (χ1n) is 10.1. The molecule has 1 aliphatic rings. The zero-order valence-corrected chi connectivity index (χ0v) is 18.7. The molecule has 31 heavy (non-hydrogen) atoms. The molecule has 1 amide bonds. The van der Waals surface area contributed by atoms with Gasteiger partial charge in [0.2, 0.25) is 5.43 Å². The molecule has 0 aliphatic carbocycles. The van der Waals surface area contributed by atoms with Crippen molar-refractivity contribution in [3.8, 4) is 16.9 Å². The number of aromatic hydroxyl groups is 1.